The van der Waals surface area contributed by atoms with Gasteiger partial charge in [0.15, 0.2) is 5.82 Å². The van der Waals surface area contributed by atoms with Gasteiger partial charge in [-0.2, -0.15) is 5.10 Å². The van der Waals surface area contributed by atoms with Crippen molar-refractivity contribution in [2.45, 2.75) is 25.3 Å². The zero-order valence-electron chi connectivity index (χ0n) is 15.8. The molecule has 0 radical (unpaired) electrons. The van der Waals surface area contributed by atoms with Crippen LogP contribution in [0.4, 0.5) is 5.82 Å². The normalized spacial score (nSPS) is 16.9. The number of H-pyrrole nitrogens is 1. The molecule has 0 spiro atoms. The molecule has 0 bridgehead atoms. The van der Waals surface area contributed by atoms with Gasteiger partial charge in [0.05, 0.1) is 6.42 Å². The van der Waals surface area contributed by atoms with E-state index in [9.17, 15) is 9.59 Å². The number of fused-ring (bicyclic) bond motifs is 1. The number of para-hydroxylation sites is 1. The molecule has 1 aliphatic heterocycles. The Bertz CT molecular complexity index is 1030. The first-order valence-corrected chi connectivity index (χ1v) is 9.51. The van der Waals surface area contributed by atoms with Gasteiger partial charge < -0.3 is 14.8 Å². The Morgan fingerprint density at radius 3 is 2.96 bits per heavy atom. The lowest BCUT2D eigenvalue weighted by Crippen LogP contribution is -2.49. The third kappa shape index (κ3) is 3.74. The van der Waals surface area contributed by atoms with Crippen LogP contribution in [-0.4, -0.2) is 52.2 Å². The molecule has 7 heteroatoms. The number of benzene rings is 1. The maximum absolute atomic E-state index is 12.9. The van der Waals surface area contributed by atoms with Gasteiger partial charge in [-0.25, -0.2) is 0 Å². The van der Waals surface area contributed by atoms with E-state index in [0.717, 1.165) is 42.7 Å². The van der Waals surface area contributed by atoms with E-state index in [2.05, 4.69) is 20.1 Å². The van der Waals surface area contributed by atoms with E-state index in [0.29, 0.717) is 5.56 Å². The molecule has 3 aromatic rings. The first-order valence-electron chi connectivity index (χ1n) is 9.51. The molecule has 1 saturated heterocycles. The van der Waals surface area contributed by atoms with Crippen molar-refractivity contribution in [1.82, 2.24) is 20.1 Å². The molecule has 1 fully saturated rings. The lowest BCUT2D eigenvalue weighted by atomic mass is 10.0. The Morgan fingerprint density at radius 1 is 1.29 bits per heavy atom. The van der Waals surface area contributed by atoms with E-state index < -0.39 is 0 Å². The van der Waals surface area contributed by atoms with Crippen molar-refractivity contribution >= 4 is 22.6 Å². The lowest BCUT2D eigenvalue weighted by Gasteiger charge is -2.38. The molecule has 1 aromatic carbocycles. The first-order chi connectivity index (χ1) is 13.6. The molecule has 0 saturated carbocycles. The highest BCUT2D eigenvalue weighted by atomic mass is 16.2. The summed E-state index contributed by atoms with van der Waals surface area (Å²) in [5.41, 5.74) is 1.08. The van der Waals surface area contributed by atoms with E-state index in [1.165, 1.54) is 0 Å². The standard InChI is InChI=1S/C21H23N5O2/c1-25(17-7-5-11-26(14-17)19-9-4-10-22-24-19)20(27)13-16-12-15-6-2-3-8-18(15)23-21(16)28/h2-4,6,8-10,12,17H,5,7,11,13-14H2,1H3,(H,23,28). The molecule has 28 heavy (non-hydrogen) atoms. The minimum atomic E-state index is -0.203. The van der Waals surface area contributed by atoms with Crippen LogP contribution in [0.15, 0.2) is 53.5 Å². The number of aromatic amines is 1. The molecule has 0 aliphatic carbocycles. The molecule has 3 heterocycles. The summed E-state index contributed by atoms with van der Waals surface area (Å²) in [7, 11) is 1.82. The number of hydrogen-bond donors (Lipinski definition) is 1. The second-order valence-electron chi connectivity index (χ2n) is 7.22. The fraction of sp³-hybridized carbons (Fsp3) is 0.333. The van der Waals surface area contributed by atoms with Crippen LogP contribution >= 0.6 is 0 Å². The van der Waals surface area contributed by atoms with Crippen LogP contribution < -0.4 is 10.5 Å². The minimum absolute atomic E-state index is 0.0493. The van der Waals surface area contributed by atoms with Crippen molar-refractivity contribution in [3.05, 3.63) is 64.6 Å². The first kappa shape index (κ1) is 18.2. The molecule has 144 valence electrons. The predicted octanol–water partition coefficient (Wildman–Crippen LogP) is 1.99. The number of pyridine rings is 1. The van der Waals surface area contributed by atoms with Gasteiger partial charge in [0.25, 0.3) is 5.56 Å². The van der Waals surface area contributed by atoms with Crippen molar-refractivity contribution in [2.75, 3.05) is 25.0 Å². The maximum atomic E-state index is 12.9. The molecule has 1 aliphatic rings. The Morgan fingerprint density at radius 2 is 2.14 bits per heavy atom. The lowest BCUT2D eigenvalue weighted by molar-refractivity contribution is -0.131. The van der Waals surface area contributed by atoms with Crippen LogP contribution in [0.5, 0.6) is 0 Å². The summed E-state index contributed by atoms with van der Waals surface area (Å²) < 4.78 is 0. The summed E-state index contributed by atoms with van der Waals surface area (Å²) in [6.07, 6.45) is 3.67. The average molecular weight is 377 g/mol. The van der Waals surface area contributed by atoms with Crippen LogP contribution in [0, 0.1) is 0 Å². The van der Waals surface area contributed by atoms with Crippen molar-refractivity contribution in [1.29, 1.82) is 0 Å². The Balaban J connectivity index is 1.47. The van der Waals surface area contributed by atoms with Crippen LogP contribution in [0.3, 0.4) is 0 Å². The summed E-state index contributed by atoms with van der Waals surface area (Å²) in [6, 6.07) is 13.3. The van der Waals surface area contributed by atoms with E-state index in [1.807, 2.05) is 49.5 Å². The van der Waals surface area contributed by atoms with Gasteiger partial charge >= 0.3 is 0 Å². The molecule has 4 rings (SSSR count). The Kier molecular flexibility index (Phi) is 5.06. The predicted molar refractivity (Wildman–Crippen MR) is 108 cm³/mol. The minimum Gasteiger partial charge on any atom is -0.353 e. The summed E-state index contributed by atoms with van der Waals surface area (Å²) in [6.45, 7) is 1.62. The van der Waals surface area contributed by atoms with Gasteiger partial charge in [0.1, 0.15) is 0 Å². The zero-order valence-corrected chi connectivity index (χ0v) is 15.8. The van der Waals surface area contributed by atoms with Gasteiger partial charge in [-0.3, -0.25) is 9.59 Å². The zero-order chi connectivity index (χ0) is 19.5. The summed E-state index contributed by atoms with van der Waals surface area (Å²) in [5.74, 6) is 0.783. The van der Waals surface area contributed by atoms with Crippen molar-refractivity contribution in [3.8, 4) is 0 Å². The van der Waals surface area contributed by atoms with Crippen molar-refractivity contribution < 1.29 is 4.79 Å². The molecule has 7 nitrogen and oxygen atoms in total. The molecule has 1 atom stereocenters. The number of aromatic nitrogens is 3. The number of carbonyl (C=O) groups is 1. The largest absolute Gasteiger partial charge is 0.353 e. The molecular formula is C21H23N5O2. The van der Waals surface area contributed by atoms with Gasteiger partial charge in [0.2, 0.25) is 5.91 Å². The molecule has 2 aromatic heterocycles. The summed E-state index contributed by atoms with van der Waals surface area (Å²) in [4.78, 5) is 32.0. The number of nitrogens with zero attached hydrogens (tertiary/aromatic N) is 4. The van der Waals surface area contributed by atoms with E-state index in [1.54, 1.807) is 11.1 Å². The molecule has 1 unspecified atom stereocenters. The molecule has 1 amide bonds. The third-order valence-corrected chi connectivity index (χ3v) is 5.39. The topological polar surface area (TPSA) is 82.2 Å². The number of rotatable bonds is 4. The number of piperidine rings is 1. The average Bonchev–Trinajstić information content (AvgIpc) is 2.74. The number of hydrogen-bond acceptors (Lipinski definition) is 5. The molecule has 1 N–H and O–H groups in total. The second-order valence-corrected chi connectivity index (χ2v) is 7.22. The summed E-state index contributed by atoms with van der Waals surface area (Å²) >= 11 is 0. The highest BCUT2D eigenvalue weighted by molar-refractivity contribution is 5.82. The highest BCUT2D eigenvalue weighted by Gasteiger charge is 2.27. The molecular weight excluding hydrogens is 354 g/mol. The van der Waals surface area contributed by atoms with Crippen LogP contribution in [0.25, 0.3) is 10.9 Å². The van der Waals surface area contributed by atoms with Gasteiger partial charge in [-0.15, -0.1) is 5.10 Å². The number of amides is 1. The number of likely N-dealkylation sites (N-methyl/N-ethyl adjacent to an activating group) is 1. The third-order valence-electron chi connectivity index (χ3n) is 5.39. The van der Waals surface area contributed by atoms with Gasteiger partial charge in [0, 0.05) is 43.5 Å². The smallest absolute Gasteiger partial charge is 0.252 e. The van der Waals surface area contributed by atoms with E-state index in [4.69, 9.17) is 0 Å². The fourth-order valence-electron chi connectivity index (χ4n) is 3.76. The van der Waals surface area contributed by atoms with Crippen molar-refractivity contribution in [3.63, 3.8) is 0 Å². The Hall–Kier alpha value is -3.22. The SMILES string of the molecule is CN(C(=O)Cc1cc2ccccc2[nH]c1=O)C1CCCN(c2cccnn2)C1. The Labute approximate surface area is 163 Å². The highest BCUT2D eigenvalue weighted by Crippen LogP contribution is 2.20. The monoisotopic (exact) mass is 377 g/mol. The number of nitrogens with one attached hydrogen (secondary N) is 1. The van der Waals surface area contributed by atoms with E-state index >= 15 is 0 Å². The maximum Gasteiger partial charge on any atom is 0.252 e. The quantitative estimate of drug-likeness (QED) is 0.752. The van der Waals surface area contributed by atoms with E-state index in [-0.39, 0.29) is 23.9 Å². The second kappa shape index (κ2) is 7.80. The van der Waals surface area contributed by atoms with Crippen molar-refractivity contribution in [2.24, 2.45) is 0 Å². The summed E-state index contributed by atoms with van der Waals surface area (Å²) in [5, 5.41) is 9.05. The van der Waals surface area contributed by atoms with Crippen LogP contribution in [-0.2, 0) is 11.2 Å². The number of anilines is 1. The number of carbonyl (C=O) groups excluding carboxylic acids is 1. The van der Waals surface area contributed by atoms with Gasteiger partial charge in [-0.05, 0) is 42.5 Å². The van der Waals surface area contributed by atoms with Gasteiger partial charge in [-0.1, -0.05) is 18.2 Å². The fourth-order valence-corrected chi connectivity index (χ4v) is 3.76. The van der Waals surface area contributed by atoms with Crippen LogP contribution in [0.1, 0.15) is 18.4 Å². The van der Waals surface area contributed by atoms with Crippen LogP contribution in [0.2, 0.25) is 0 Å².